The Kier molecular flexibility index (Phi) is 7.88. The Hall–Kier alpha value is -4.24. The van der Waals surface area contributed by atoms with E-state index in [1.54, 1.807) is 43.5 Å². The van der Waals surface area contributed by atoms with E-state index in [-0.39, 0.29) is 29.3 Å². The van der Waals surface area contributed by atoms with E-state index < -0.39 is 0 Å². The maximum Gasteiger partial charge on any atom is 0.236 e. The van der Waals surface area contributed by atoms with Crippen LogP contribution in [0.3, 0.4) is 0 Å². The number of phenolic OH excluding ortho intramolecular Hbond substituents is 1. The molecule has 2 aliphatic rings. The number of ketones is 1. The summed E-state index contributed by atoms with van der Waals surface area (Å²) in [4.78, 5) is 47.9. The second-order valence-corrected chi connectivity index (χ2v) is 10.1. The number of likely N-dealkylation sites (tertiary alicyclic amines) is 1. The highest BCUT2D eigenvalue weighted by molar-refractivity contribution is 5.94. The van der Waals surface area contributed by atoms with Crippen LogP contribution in [-0.2, 0) is 9.59 Å². The highest BCUT2D eigenvalue weighted by Crippen LogP contribution is 2.31. The van der Waals surface area contributed by atoms with Gasteiger partial charge in [0.15, 0.2) is 5.78 Å². The quantitative estimate of drug-likeness (QED) is 0.359. The van der Waals surface area contributed by atoms with Gasteiger partial charge in [-0.15, -0.1) is 0 Å². The zero-order valence-corrected chi connectivity index (χ0v) is 22.0. The van der Waals surface area contributed by atoms with Crippen molar-refractivity contribution in [3.63, 3.8) is 0 Å². The summed E-state index contributed by atoms with van der Waals surface area (Å²) < 4.78 is 0. The van der Waals surface area contributed by atoms with E-state index in [1.165, 1.54) is 0 Å². The number of benzene rings is 2. The van der Waals surface area contributed by atoms with E-state index in [0.29, 0.717) is 61.7 Å². The van der Waals surface area contributed by atoms with Gasteiger partial charge in [-0.25, -0.2) is 0 Å². The molecule has 0 radical (unpaired) electrons. The minimum Gasteiger partial charge on any atom is -0.507 e. The summed E-state index contributed by atoms with van der Waals surface area (Å²) in [7, 11) is 0. The first-order valence-electron chi connectivity index (χ1n) is 13.3. The number of pyridine rings is 1. The van der Waals surface area contributed by atoms with Crippen LogP contribution < -0.4 is 10.2 Å². The van der Waals surface area contributed by atoms with Crippen LogP contribution >= 0.6 is 0 Å². The minimum atomic E-state index is -0.209. The number of nitrogens with one attached hydrogen (secondary N) is 1. The molecule has 2 aromatic carbocycles. The van der Waals surface area contributed by atoms with E-state index >= 15 is 0 Å². The molecule has 9 nitrogen and oxygen atoms in total. The Labute approximate surface area is 228 Å². The van der Waals surface area contributed by atoms with Crippen LogP contribution in [0.1, 0.15) is 23.7 Å². The average Bonchev–Trinajstić information content (AvgIpc) is 3.43. The molecule has 2 amide bonds. The molecule has 5 rings (SSSR count). The summed E-state index contributed by atoms with van der Waals surface area (Å²) in [5.74, 6) is -0.0643. The summed E-state index contributed by atoms with van der Waals surface area (Å²) >= 11 is 0. The van der Waals surface area contributed by atoms with Gasteiger partial charge in [0.1, 0.15) is 5.75 Å². The lowest BCUT2D eigenvalue weighted by Gasteiger charge is -2.36. The number of hydrogen-bond donors (Lipinski definition) is 2. The molecule has 0 spiro atoms. The van der Waals surface area contributed by atoms with Crippen LogP contribution in [0.4, 0.5) is 11.4 Å². The van der Waals surface area contributed by atoms with Crippen molar-refractivity contribution in [2.45, 2.75) is 13.3 Å². The number of aromatic hydroxyl groups is 1. The normalized spacial score (nSPS) is 17.7. The van der Waals surface area contributed by atoms with Gasteiger partial charge in [-0.05, 0) is 74.5 Å². The van der Waals surface area contributed by atoms with Crippen molar-refractivity contribution >= 4 is 29.0 Å². The Bertz CT molecular complexity index is 1340. The molecule has 1 atom stereocenters. The fourth-order valence-corrected chi connectivity index (χ4v) is 5.19. The Morgan fingerprint density at radius 1 is 0.974 bits per heavy atom. The largest absolute Gasteiger partial charge is 0.507 e. The van der Waals surface area contributed by atoms with E-state index in [1.807, 2.05) is 35.2 Å². The van der Waals surface area contributed by atoms with Crippen LogP contribution in [0, 0.1) is 5.92 Å². The number of amides is 2. The molecular formula is C30H33N5O4. The number of rotatable bonds is 7. The first-order valence-corrected chi connectivity index (χ1v) is 13.3. The number of carbonyl (C=O) groups is 3. The summed E-state index contributed by atoms with van der Waals surface area (Å²) in [6, 6.07) is 18.0. The third-order valence-corrected chi connectivity index (χ3v) is 7.48. The molecule has 1 unspecified atom stereocenters. The molecule has 9 heteroatoms. The van der Waals surface area contributed by atoms with Crippen molar-refractivity contribution in [3.8, 4) is 17.0 Å². The van der Waals surface area contributed by atoms with Crippen LogP contribution in [0.15, 0.2) is 66.9 Å². The molecule has 2 N–H and O–H groups in total. The molecule has 0 aliphatic carbocycles. The second kappa shape index (κ2) is 11.7. The van der Waals surface area contributed by atoms with Gasteiger partial charge in [0.05, 0.1) is 18.2 Å². The van der Waals surface area contributed by atoms with Crippen LogP contribution in [0.5, 0.6) is 5.75 Å². The summed E-state index contributed by atoms with van der Waals surface area (Å²) in [6.45, 7) is 5.86. The van der Waals surface area contributed by atoms with Crippen LogP contribution in [-0.4, -0.2) is 83.3 Å². The smallest absolute Gasteiger partial charge is 0.236 e. The first kappa shape index (κ1) is 26.4. The maximum absolute atomic E-state index is 13.0. The number of hydrogen-bond acceptors (Lipinski definition) is 7. The number of aromatic nitrogens is 1. The predicted molar refractivity (Wildman–Crippen MR) is 150 cm³/mol. The van der Waals surface area contributed by atoms with Crippen molar-refractivity contribution in [1.29, 1.82) is 0 Å². The fourth-order valence-electron chi connectivity index (χ4n) is 5.19. The van der Waals surface area contributed by atoms with E-state index in [4.69, 9.17) is 0 Å². The maximum atomic E-state index is 13.0. The number of anilines is 2. The molecule has 0 bridgehead atoms. The lowest BCUT2D eigenvalue weighted by Crippen LogP contribution is -2.51. The first-order chi connectivity index (χ1) is 18.9. The number of nitrogens with zero attached hydrogens (tertiary/aromatic N) is 4. The molecule has 2 fully saturated rings. The molecule has 0 saturated carbocycles. The van der Waals surface area contributed by atoms with Crippen molar-refractivity contribution in [3.05, 3.63) is 72.4 Å². The number of phenols is 1. The van der Waals surface area contributed by atoms with E-state index in [2.05, 4.69) is 20.1 Å². The standard InChI is InChI=1S/C30H33N5O4/c1-21(36)22-5-8-25(9-6-22)34-14-16-35(17-15-34)29(38)20-33-13-11-23(19-33)30(39)32-24-7-10-28(37)26(18-24)27-4-2-3-12-31-27/h2-10,12,18,23,37H,11,13-17,19-20H2,1H3,(H,32,39). The summed E-state index contributed by atoms with van der Waals surface area (Å²) in [5.41, 5.74) is 3.54. The SMILES string of the molecule is CC(=O)c1ccc(N2CCN(C(=O)CN3CCC(C(=O)Nc4ccc(O)c(-c5ccccn5)c4)C3)CC2)cc1. The van der Waals surface area contributed by atoms with Crippen molar-refractivity contribution in [1.82, 2.24) is 14.8 Å². The van der Waals surface area contributed by atoms with Crippen molar-refractivity contribution < 1.29 is 19.5 Å². The van der Waals surface area contributed by atoms with Crippen LogP contribution in [0.25, 0.3) is 11.3 Å². The monoisotopic (exact) mass is 527 g/mol. The lowest BCUT2D eigenvalue weighted by atomic mass is 10.1. The van der Waals surface area contributed by atoms with E-state index in [9.17, 15) is 19.5 Å². The second-order valence-electron chi connectivity index (χ2n) is 10.1. The Balaban J connectivity index is 1.10. The van der Waals surface area contributed by atoms with Crippen molar-refractivity contribution in [2.75, 3.05) is 56.0 Å². The molecule has 39 heavy (non-hydrogen) atoms. The highest BCUT2D eigenvalue weighted by Gasteiger charge is 2.31. The number of Topliss-reactive ketones (excluding diaryl/α,β-unsaturated/α-hetero) is 1. The molecule has 202 valence electrons. The van der Waals surface area contributed by atoms with Gasteiger partial charge in [0, 0.05) is 61.4 Å². The average molecular weight is 528 g/mol. The molecule has 1 aromatic heterocycles. The van der Waals surface area contributed by atoms with Gasteiger partial charge in [-0.3, -0.25) is 24.3 Å². The Morgan fingerprint density at radius 3 is 2.44 bits per heavy atom. The minimum absolute atomic E-state index is 0.0497. The zero-order valence-electron chi connectivity index (χ0n) is 22.0. The van der Waals surface area contributed by atoms with Gasteiger partial charge in [-0.2, -0.15) is 0 Å². The molecule has 3 aromatic rings. The molecule has 2 saturated heterocycles. The Morgan fingerprint density at radius 2 is 1.74 bits per heavy atom. The van der Waals surface area contributed by atoms with Crippen LogP contribution in [0.2, 0.25) is 0 Å². The summed E-state index contributed by atoms with van der Waals surface area (Å²) in [5, 5.41) is 13.2. The van der Waals surface area contributed by atoms with Gasteiger partial charge >= 0.3 is 0 Å². The van der Waals surface area contributed by atoms with Gasteiger partial charge in [-0.1, -0.05) is 6.07 Å². The molecule has 3 heterocycles. The third-order valence-electron chi connectivity index (χ3n) is 7.48. The third kappa shape index (κ3) is 6.26. The van der Waals surface area contributed by atoms with Gasteiger partial charge in [0.25, 0.3) is 0 Å². The zero-order chi connectivity index (χ0) is 27.4. The number of piperazine rings is 1. The predicted octanol–water partition coefficient (Wildman–Crippen LogP) is 3.27. The topological polar surface area (TPSA) is 106 Å². The number of carbonyl (C=O) groups excluding carboxylic acids is 3. The highest BCUT2D eigenvalue weighted by atomic mass is 16.3. The summed E-state index contributed by atoms with van der Waals surface area (Å²) in [6.07, 6.45) is 2.35. The van der Waals surface area contributed by atoms with E-state index in [0.717, 1.165) is 18.8 Å². The van der Waals surface area contributed by atoms with Crippen molar-refractivity contribution in [2.24, 2.45) is 5.92 Å². The van der Waals surface area contributed by atoms with Gasteiger partial charge in [0.2, 0.25) is 11.8 Å². The molecule has 2 aliphatic heterocycles. The fraction of sp³-hybridized carbons (Fsp3) is 0.333. The van der Waals surface area contributed by atoms with Gasteiger partial charge < -0.3 is 20.2 Å². The molecular weight excluding hydrogens is 494 g/mol. The lowest BCUT2D eigenvalue weighted by molar-refractivity contribution is -0.132.